The van der Waals surface area contributed by atoms with E-state index in [2.05, 4.69) is 10.1 Å². The Balaban J connectivity index is 1.66. The lowest BCUT2D eigenvalue weighted by Crippen LogP contribution is -2.37. The van der Waals surface area contributed by atoms with E-state index >= 15 is 0 Å². The van der Waals surface area contributed by atoms with Gasteiger partial charge in [0, 0.05) is 37.9 Å². The smallest absolute Gasteiger partial charge is 0.272 e. The third kappa shape index (κ3) is 3.69. The lowest BCUT2D eigenvalue weighted by Gasteiger charge is -2.27. The Kier molecular flexibility index (Phi) is 5.23. The molecule has 1 aliphatic heterocycles. The molecule has 0 bridgehead atoms. The molecule has 0 N–H and O–H groups in total. The zero-order valence-electron chi connectivity index (χ0n) is 17.3. The summed E-state index contributed by atoms with van der Waals surface area (Å²) < 4.78 is 14.9. The van der Waals surface area contributed by atoms with Gasteiger partial charge < -0.3 is 14.1 Å². The molecule has 154 valence electrons. The van der Waals surface area contributed by atoms with Crippen molar-refractivity contribution in [2.24, 2.45) is 7.05 Å². The fourth-order valence-corrected chi connectivity index (χ4v) is 3.75. The second-order valence-electron chi connectivity index (χ2n) is 7.24. The van der Waals surface area contributed by atoms with Crippen molar-refractivity contribution >= 4 is 5.91 Å². The second-order valence-corrected chi connectivity index (χ2v) is 7.24. The third-order valence-electron chi connectivity index (χ3n) is 5.12. The van der Waals surface area contributed by atoms with Gasteiger partial charge >= 0.3 is 0 Å². The summed E-state index contributed by atoms with van der Waals surface area (Å²) in [5.74, 6) is 1.18. The number of oxazole rings is 1. The summed E-state index contributed by atoms with van der Waals surface area (Å²) in [6.07, 6.45) is 2.40. The Morgan fingerprint density at radius 3 is 2.79 bits per heavy atom. The van der Waals surface area contributed by atoms with Gasteiger partial charge in [-0.2, -0.15) is 10.2 Å². The summed E-state index contributed by atoms with van der Waals surface area (Å²) >= 11 is 0. The molecule has 1 aliphatic rings. The van der Waals surface area contributed by atoms with Crippen LogP contribution in [0.5, 0.6) is 0 Å². The van der Waals surface area contributed by atoms with Crippen LogP contribution in [0.3, 0.4) is 0 Å². The van der Waals surface area contributed by atoms with Crippen LogP contribution in [0.2, 0.25) is 0 Å². The zero-order valence-corrected chi connectivity index (χ0v) is 17.3. The van der Waals surface area contributed by atoms with E-state index < -0.39 is 0 Å². The average Bonchev–Trinajstić information content (AvgIpc) is 3.38. The average molecular weight is 398 g/mol. The van der Waals surface area contributed by atoms with E-state index in [1.165, 1.54) is 0 Å². The molecule has 0 saturated carbocycles. The second kappa shape index (κ2) is 7.82. The highest BCUT2D eigenvalue weighted by Gasteiger charge is 2.31. The van der Waals surface area contributed by atoms with Crippen LogP contribution in [0, 0.1) is 13.8 Å². The normalized spacial score (nSPS) is 13.7. The van der Waals surface area contributed by atoms with Gasteiger partial charge in [0.2, 0.25) is 5.89 Å². The van der Waals surface area contributed by atoms with Crippen molar-refractivity contribution in [3.8, 4) is 11.6 Å². The summed E-state index contributed by atoms with van der Waals surface area (Å²) in [7, 11) is 1.79. The van der Waals surface area contributed by atoms with Crippen molar-refractivity contribution in [1.82, 2.24) is 29.4 Å². The first kappa shape index (κ1) is 19.4. The molecule has 0 atom stereocenters. The number of rotatable bonds is 6. The molecule has 3 aromatic heterocycles. The Bertz CT molecular complexity index is 1030. The number of aromatic nitrogens is 5. The Labute approximate surface area is 169 Å². The van der Waals surface area contributed by atoms with Gasteiger partial charge in [-0.25, -0.2) is 4.98 Å². The number of hydrogen-bond acceptors (Lipinski definition) is 6. The quantitative estimate of drug-likeness (QED) is 0.591. The Morgan fingerprint density at radius 2 is 2.14 bits per heavy atom. The maximum atomic E-state index is 13.1. The number of hydrogen-bond donors (Lipinski definition) is 0. The molecule has 29 heavy (non-hydrogen) atoms. The van der Waals surface area contributed by atoms with Crippen molar-refractivity contribution in [3.63, 3.8) is 0 Å². The number of ether oxygens (including phenoxy) is 1. The number of carbonyl (C=O) groups is 1. The molecule has 4 heterocycles. The van der Waals surface area contributed by atoms with Crippen LogP contribution in [0.25, 0.3) is 11.6 Å². The molecule has 0 radical (unpaired) electrons. The minimum Gasteiger partial charge on any atom is -0.440 e. The van der Waals surface area contributed by atoms with Crippen LogP contribution < -0.4 is 0 Å². The van der Waals surface area contributed by atoms with Gasteiger partial charge in [0.1, 0.15) is 11.5 Å². The van der Waals surface area contributed by atoms with Gasteiger partial charge in [-0.1, -0.05) is 0 Å². The Morgan fingerprint density at radius 1 is 1.31 bits per heavy atom. The molecule has 9 nitrogen and oxygen atoms in total. The molecule has 0 aromatic carbocycles. The highest BCUT2D eigenvalue weighted by Crippen LogP contribution is 2.30. The van der Waals surface area contributed by atoms with E-state index in [0.29, 0.717) is 50.1 Å². The highest BCUT2D eigenvalue weighted by atomic mass is 16.5. The highest BCUT2D eigenvalue weighted by molar-refractivity contribution is 5.93. The first-order valence-electron chi connectivity index (χ1n) is 9.87. The molecule has 0 fully saturated rings. The van der Waals surface area contributed by atoms with Crippen LogP contribution in [0.15, 0.2) is 16.7 Å². The predicted octanol–water partition coefficient (Wildman–Crippen LogP) is 2.12. The Hall–Kier alpha value is -2.94. The van der Waals surface area contributed by atoms with Gasteiger partial charge in [0.05, 0.1) is 31.6 Å². The molecule has 0 aliphatic carbocycles. The third-order valence-corrected chi connectivity index (χ3v) is 5.12. The minimum atomic E-state index is -0.0321. The van der Waals surface area contributed by atoms with Crippen LogP contribution in [0.4, 0.5) is 0 Å². The van der Waals surface area contributed by atoms with E-state index in [1.54, 1.807) is 17.9 Å². The first-order chi connectivity index (χ1) is 14.0. The molecule has 9 heteroatoms. The van der Waals surface area contributed by atoms with Crippen molar-refractivity contribution < 1.29 is 13.9 Å². The predicted molar refractivity (Wildman–Crippen MR) is 105 cm³/mol. The van der Waals surface area contributed by atoms with Gasteiger partial charge in [-0.05, 0) is 26.8 Å². The van der Waals surface area contributed by atoms with Crippen molar-refractivity contribution in [2.45, 2.75) is 40.3 Å². The molecule has 3 aromatic rings. The molecular weight excluding hydrogens is 372 g/mol. The van der Waals surface area contributed by atoms with Crippen LogP contribution >= 0.6 is 0 Å². The molecule has 0 unspecified atom stereocenters. The fourth-order valence-electron chi connectivity index (χ4n) is 3.75. The molecule has 0 spiro atoms. The van der Waals surface area contributed by atoms with Crippen molar-refractivity contribution in [3.05, 3.63) is 40.7 Å². The standard InChI is InChI=1S/C20H26N6O3/c1-5-28-9-8-26-16-6-7-25(20(27)17-10-13(2)22-24(17)4)12-15(16)18(23-26)19-21-11-14(3)29-19/h10-11H,5-9,12H2,1-4H3. The summed E-state index contributed by atoms with van der Waals surface area (Å²) in [6.45, 7) is 8.72. The van der Waals surface area contributed by atoms with Crippen LogP contribution in [-0.2, 0) is 31.3 Å². The summed E-state index contributed by atoms with van der Waals surface area (Å²) in [5, 5.41) is 9.06. The van der Waals surface area contributed by atoms with E-state index in [9.17, 15) is 4.79 Å². The van der Waals surface area contributed by atoms with Crippen LogP contribution in [-0.4, -0.2) is 55.1 Å². The molecule has 1 amide bonds. The van der Waals surface area contributed by atoms with Gasteiger partial charge in [0.15, 0.2) is 5.69 Å². The summed E-state index contributed by atoms with van der Waals surface area (Å²) in [5.41, 5.74) is 4.21. The largest absolute Gasteiger partial charge is 0.440 e. The van der Waals surface area contributed by atoms with Crippen molar-refractivity contribution in [2.75, 3.05) is 19.8 Å². The van der Waals surface area contributed by atoms with Crippen molar-refractivity contribution in [1.29, 1.82) is 0 Å². The van der Waals surface area contributed by atoms with E-state index in [4.69, 9.17) is 14.3 Å². The number of fused-ring (bicyclic) bond motifs is 1. The van der Waals surface area contributed by atoms with E-state index in [1.807, 2.05) is 36.4 Å². The van der Waals surface area contributed by atoms with Gasteiger partial charge in [-0.15, -0.1) is 0 Å². The summed E-state index contributed by atoms with van der Waals surface area (Å²) in [6, 6.07) is 1.82. The van der Waals surface area contributed by atoms with Crippen LogP contribution in [0.1, 0.15) is 40.1 Å². The lowest BCUT2D eigenvalue weighted by atomic mass is 10.0. The molecular formula is C20H26N6O3. The molecule has 0 saturated heterocycles. The number of aryl methyl sites for hydroxylation is 3. The number of amides is 1. The number of carbonyl (C=O) groups excluding carboxylic acids is 1. The summed E-state index contributed by atoms with van der Waals surface area (Å²) in [4.78, 5) is 19.3. The lowest BCUT2D eigenvalue weighted by molar-refractivity contribution is 0.0721. The van der Waals surface area contributed by atoms with Gasteiger partial charge in [-0.3, -0.25) is 14.2 Å². The fraction of sp³-hybridized carbons (Fsp3) is 0.500. The monoisotopic (exact) mass is 398 g/mol. The zero-order chi connectivity index (χ0) is 20.5. The minimum absolute atomic E-state index is 0.0321. The maximum absolute atomic E-state index is 13.1. The van der Waals surface area contributed by atoms with E-state index in [-0.39, 0.29) is 5.91 Å². The van der Waals surface area contributed by atoms with Gasteiger partial charge in [0.25, 0.3) is 5.91 Å². The maximum Gasteiger partial charge on any atom is 0.272 e. The molecule has 4 rings (SSSR count). The SMILES string of the molecule is CCOCCn1nc(-c2ncc(C)o2)c2c1CCN(C(=O)c1cc(C)nn1C)C2. The van der Waals surface area contributed by atoms with E-state index in [0.717, 1.165) is 29.1 Å². The number of nitrogens with zero attached hydrogens (tertiary/aromatic N) is 6. The topological polar surface area (TPSA) is 91.2 Å². The first-order valence-corrected chi connectivity index (χ1v) is 9.87.